The van der Waals surface area contributed by atoms with Crippen molar-refractivity contribution in [2.24, 2.45) is 5.84 Å². The molecule has 0 fully saturated rings. The molecule has 1 unspecified atom stereocenters. The summed E-state index contributed by atoms with van der Waals surface area (Å²) in [6, 6.07) is 8.56. The molecule has 0 heterocycles. The molecule has 0 aliphatic heterocycles. The van der Waals surface area contributed by atoms with E-state index in [1.54, 1.807) is 7.11 Å². The summed E-state index contributed by atoms with van der Waals surface area (Å²) in [5.41, 5.74) is 4.20. The monoisotopic (exact) mass is 236 g/mol. The van der Waals surface area contributed by atoms with E-state index in [9.17, 15) is 0 Å². The number of benzene rings is 1. The third-order valence-corrected chi connectivity index (χ3v) is 3.03. The fourth-order valence-electron chi connectivity index (χ4n) is 1.93. The van der Waals surface area contributed by atoms with Crippen molar-refractivity contribution >= 4 is 0 Å². The van der Waals surface area contributed by atoms with Gasteiger partial charge in [0, 0.05) is 6.04 Å². The van der Waals surface area contributed by atoms with Crippen LogP contribution in [0.3, 0.4) is 0 Å². The Kier molecular flexibility index (Phi) is 6.67. The van der Waals surface area contributed by atoms with E-state index in [-0.39, 0.29) is 0 Å². The van der Waals surface area contributed by atoms with Crippen LogP contribution in [0.15, 0.2) is 24.3 Å². The van der Waals surface area contributed by atoms with Gasteiger partial charge >= 0.3 is 0 Å². The smallest absolute Gasteiger partial charge is 0.118 e. The minimum absolute atomic E-state index is 0.370. The minimum Gasteiger partial charge on any atom is -0.497 e. The summed E-state index contributed by atoms with van der Waals surface area (Å²) in [6.45, 7) is 2.22. The van der Waals surface area contributed by atoms with E-state index >= 15 is 0 Å². The molecule has 0 aromatic heterocycles. The van der Waals surface area contributed by atoms with Gasteiger partial charge in [-0.2, -0.15) is 0 Å². The molecule has 0 saturated heterocycles. The number of methoxy groups -OCH3 is 1. The molecule has 3 heteroatoms. The molecule has 0 aliphatic rings. The van der Waals surface area contributed by atoms with Crippen molar-refractivity contribution in [1.82, 2.24) is 5.43 Å². The molecule has 17 heavy (non-hydrogen) atoms. The summed E-state index contributed by atoms with van der Waals surface area (Å²) >= 11 is 0. The number of hydrazine groups is 1. The van der Waals surface area contributed by atoms with Crippen LogP contribution in [0.1, 0.15) is 38.2 Å². The number of rotatable bonds is 8. The molecule has 0 spiro atoms. The number of unbranched alkanes of at least 4 members (excludes halogenated alkanes) is 2. The highest BCUT2D eigenvalue weighted by Crippen LogP contribution is 2.14. The highest BCUT2D eigenvalue weighted by molar-refractivity contribution is 5.27. The van der Waals surface area contributed by atoms with Crippen molar-refractivity contribution in [2.45, 2.75) is 45.1 Å². The van der Waals surface area contributed by atoms with Crippen LogP contribution in [-0.4, -0.2) is 13.2 Å². The normalized spacial score (nSPS) is 12.4. The Morgan fingerprint density at radius 2 is 1.94 bits per heavy atom. The molecule has 1 aromatic rings. The fraction of sp³-hybridized carbons (Fsp3) is 0.571. The molecule has 1 rings (SSSR count). The van der Waals surface area contributed by atoms with Crippen molar-refractivity contribution in [3.63, 3.8) is 0 Å². The quantitative estimate of drug-likeness (QED) is 0.414. The largest absolute Gasteiger partial charge is 0.497 e. The first kappa shape index (κ1) is 14.0. The lowest BCUT2D eigenvalue weighted by molar-refractivity contribution is 0.414. The van der Waals surface area contributed by atoms with Crippen LogP contribution in [0, 0.1) is 0 Å². The number of hydrogen-bond acceptors (Lipinski definition) is 3. The maximum atomic E-state index is 5.58. The van der Waals surface area contributed by atoms with Crippen LogP contribution >= 0.6 is 0 Å². The van der Waals surface area contributed by atoms with Crippen LogP contribution in [0.5, 0.6) is 5.75 Å². The van der Waals surface area contributed by atoms with E-state index in [1.807, 2.05) is 12.1 Å². The van der Waals surface area contributed by atoms with Gasteiger partial charge in [0.2, 0.25) is 0 Å². The molecule has 0 amide bonds. The van der Waals surface area contributed by atoms with Gasteiger partial charge in [0.05, 0.1) is 7.11 Å². The highest BCUT2D eigenvalue weighted by Gasteiger charge is 2.07. The predicted octanol–water partition coefficient (Wildman–Crippen LogP) is 2.65. The molecular formula is C14H24N2O. The average Bonchev–Trinajstić information content (AvgIpc) is 2.38. The molecule has 1 atom stereocenters. The number of ether oxygens (including phenoxy) is 1. The molecule has 3 nitrogen and oxygen atoms in total. The first-order chi connectivity index (χ1) is 8.30. The van der Waals surface area contributed by atoms with Gasteiger partial charge in [-0.25, -0.2) is 0 Å². The van der Waals surface area contributed by atoms with Gasteiger partial charge in [-0.3, -0.25) is 11.3 Å². The van der Waals surface area contributed by atoms with E-state index in [2.05, 4.69) is 24.5 Å². The first-order valence-corrected chi connectivity index (χ1v) is 6.39. The number of nitrogens with two attached hydrogens (primary N) is 1. The number of nitrogens with one attached hydrogen (secondary N) is 1. The summed E-state index contributed by atoms with van der Waals surface area (Å²) in [6.07, 6.45) is 5.88. The van der Waals surface area contributed by atoms with Crippen molar-refractivity contribution < 1.29 is 4.74 Å². The van der Waals surface area contributed by atoms with Gasteiger partial charge in [0.25, 0.3) is 0 Å². The second kappa shape index (κ2) is 8.09. The average molecular weight is 236 g/mol. The maximum absolute atomic E-state index is 5.58. The Morgan fingerprint density at radius 3 is 2.47 bits per heavy atom. The maximum Gasteiger partial charge on any atom is 0.118 e. The Hall–Kier alpha value is -1.06. The third kappa shape index (κ3) is 5.20. The van der Waals surface area contributed by atoms with E-state index in [4.69, 9.17) is 10.6 Å². The summed E-state index contributed by atoms with van der Waals surface area (Å²) < 4.78 is 5.14. The van der Waals surface area contributed by atoms with Crippen LogP contribution in [0.4, 0.5) is 0 Å². The lowest BCUT2D eigenvalue weighted by Gasteiger charge is -2.15. The van der Waals surface area contributed by atoms with E-state index in [1.165, 1.54) is 24.8 Å². The topological polar surface area (TPSA) is 47.3 Å². The molecule has 3 N–H and O–H groups in total. The summed E-state index contributed by atoms with van der Waals surface area (Å²) in [5, 5.41) is 0. The highest BCUT2D eigenvalue weighted by atomic mass is 16.5. The zero-order chi connectivity index (χ0) is 12.5. The van der Waals surface area contributed by atoms with Crippen molar-refractivity contribution in [2.75, 3.05) is 7.11 Å². The van der Waals surface area contributed by atoms with Gasteiger partial charge in [-0.05, 0) is 30.5 Å². The van der Waals surface area contributed by atoms with Crippen molar-refractivity contribution in [3.05, 3.63) is 29.8 Å². The number of hydrogen-bond donors (Lipinski definition) is 2. The van der Waals surface area contributed by atoms with Crippen LogP contribution in [-0.2, 0) is 6.42 Å². The van der Waals surface area contributed by atoms with Crippen LogP contribution in [0.2, 0.25) is 0 Å². The Bertz CT molecular complexity index is 298. The molecule has 0 saturated carbocycles. The standard InChI is InChI=1S/C14H24N2O/c1-3-4-5-6-13(16-15)11-12-7-9-14(17-2)10-8-12/h7-10,13,16H,3-6,11,15H2,1-2H3. The SMILES string of the molecule is CCCCCC(Cc1ccc(OC)cc1)NN. The van der Waals surface area contributed by atoms with Gasteiger partial charge in [0.1, 0.15) is 5.75 Å². The molecule has 96 valence electrons. The van der Waals surface area contributed by atoms with Gasteiger partial charge in [0.15, 0.2) is 0 Å². The lowest BCUT2D eigenvalue weighted by Crippen LogP contribution is -2.36. The molecule has 0 radical (unpaired) electrons. The Morgan fingerprint density at radius 1 is 1.24 bits per heavy atom. The molecule has 0 bridgehead atoms. The Labute approximate surface area is 104 Å². The molecular weight excluding hydrogens is 212 g/mol. The summed E-state index contributed by atoms with van der Waals surface area (Å²) in [4.78, 5) is 0. The van der Waals surface area contributed by atoms with Crippen LogP contribution < -0.4 is 16.0 Å². The predicted molar refractivity (Wildman–Crippen MR) is 72.0 cm³/mol. The van der Waals surface area contributed by atoms with Gasteiger partial charge in [-0.15, -0.1) is 0 Å². The molecule has 1 aromatic carbocycles. The van der Waals surface area contributed by atoms with E-state index < -0.39 is 0 Å². The van der Waals surface area contributed by atoms with Gasteiger partial charge in [-0.1, -0.05) is 38.3 Å². The van der Waals surface area contributed by atoms with Crippen molar-refractivity contribution in [3.8, 4) is 5.75 Å². The lowest BCUT2D eigenvalue weighted by atomic mass is 10.0. The summed E-state index contributed by atoms with van der Waals surface area (Å²) in [5.74, 6) is 6.48. The third-order valence-electron chi connectivity index (χ3n) is 3.03. The Balaban J connectivity index is 2.43. The van der Waals surface area contributed by atoms with Crippen LogP contribution in [0.25, 0.3) is 0 Å². The van der Waals surface area contributed by atoms with E-state index in [0.29, 0.717) is 6.04 Å². The van der Waals surface area contributed by atoms with Crippen molar-refractivity contribution in [1.29, 1.82) is 0 Å². The zero-order valence-corrected chi connectivity index (χ0v) is 10.9. The van der Waals surface area contributed by atoms with E-state index in [0.717, 1.165) is 18.6 Å². The second-order valence-electron chi connectivity index (χ2n) is 4.41. The molecule has 0 aliphatic carbocycles. The first-order valence-electron chi connectivity index (χ1n) is 6.39. The summed E-state index contributed by atoms with van der Waals surface area (Å²) in [7, 11) is 1.68. The fourth-order valence-corrected chi connectivity index (χ4v) is 1.93. The van der Waals surface area contributed by atoms with Gasteiger partial charge < -0.3 is 4.74 Å². The second-order valence-corrected chi connectivity index (χ2v) is 4.41. The minimum atomic E-state index is 0.370. The zero-order valence-electron chi connectivity index (χ0n) is 10.9.